The SMILES string of the molecule is O=C(NS(=O)(=O)C1CCCC1)c1cncc2ccccc12. The average Bonchev–Trinajstić information content (AvgIpc) is 3.01. The van der Waals surface area contributed by atoms with E-state index in [1.54, 1.807) is 12.3 Å². The first-order valence-electron chi connectivity index (χ1n) is 6.96. The molecule has 0 aliphatic heterocycles. The molecule has 1 aliphatic rings. The lowest BCUT2D eigenvalue weighted by atomic mass is 10.1. The maximum Gasteiger partial charge on any atom is 0.266 e. The van der Waals surface area contributed by atoms with E-state index in [2.05, 4.69) is 9.71 Å². The second kappa shape index (κ2) is 5.44. The van der Waals surface area contributed by atoms with Gasteiger partial charge in [0.05, 0.1) is 10.8 Å². The predicted molar refractivity (Wildman–Crippen MR) is 80.4 cm³/mol. The van der Waals surface area contributed by atoms with Gasteiger partial charge in [0.25, 0.3) is 5.91 Å². The van der Waals surface area contributed by atoms with E-state index in [-0.39, 0.29) is 5.56 Å². The van der Waals surface area contributed by atoms with Crippen LogP contribution in [0.15, 0.2) is 36.7 Å². The molecule has 3 rings (SSSR count). The van der Waals surface area contributed by atoms with Crippen LogP contribution >= 0.6 is 0 Å². The Balaban J connectivity index is 1.91. The van der Waals surface area contributed by atoms with Crippen LogP contribution in [-0.2, 0) is 10.0 Å². The third-order valence-electron chi connectivity index (χ3n) is 3.89. The van der Waals surface area contributed by atoms with E-state index in [1.165, 1.54) is 6.20 Å². The number of benzene rings is 1. The number of carbonyl (C=O) groups excluding carboxylic acids is 1. The van der Waals surface area contributed by atoms with Crippen LogP contribution in [-0.4, -0.2) is 24.6 Å². The fourth-order valence-electron chi connectivity index (χ4n) is 2.76. The smallest absolute Gasteiger partial charge is 0.266 e. The van der Waals surface area contributed by atoms with Gasteiger partial charge >= 0.3 is 0 Å². The van der Waals surface area contributed by atoms with Gasteiger partial charge in [-0.2, -0.15) is 0 Å². The van der Waals surface area contributed by atoms with Crippen LogP contribution in [0.1, 0.15) is 36.0 Å². The second-order valence-electron chi connectivity index (χ2n) is 5.29. The number of rotatable bonds is 3. The first-order valence-corrected chi connectivity index (χ1v) is 8.51. The molecule has 1 aliphatic carbocycles. The summed E-state index contributed by atoms with van der Waals surface area (Å²) >= 11 is 0. The van der Waals surface area contributed by atoms with Crippen molar-refractivity contribution in [2.24, 2.45) is 0 Å². The van der Waals surface area contributed by atoms with Crippen LogP contribution in [0, 0.1) is 0 Å². The summed E-state index contributed by atoms with van der Waals surface area (Å²) in [5, 5.41) is 1.06. The molecule has 1 N–H and O–H groups in total. The fraction of sp³-hybridized carbons (Fsp3) is 0.333. The summed E-state index contributed by atoms with van der Waals surface area (Å²) in [4.78, 5) is 16.3. The number of sulfonamides is 1. The molecule has 5 nitrogen and oxygen atoms in total. The second-order valence-corrected chi connectivity index (χ2v) is 7.25. The number of hydrogen-bond acceptors (Lipinski definition) is 4. The molecule has 1 heterocycles. The lowest BCUT2D eigenvalue weighted by molar-refractivity contribution is 0.0982. The van der Waals surface area contributed by atoms with E-state index in [0.29, 0.717) is 18.2 Å². The molecule has 0 bridgehead atoms. The van der Waals surface area contributed by atoms with Gasteiger partial charge in [0, 0.05) is 17.8 Å². The molecule has 1 aromatic heterocycles. The quantitative estimate of drug-likeness (QED) is 0.943. The Labute approximate surface area is 123 Å². The Hall–Kier alpha value is -1.95. The van der Waals surface area contributed by atoms with Gasteiger partial charge < -0.3 is 0 Å². The van der Waals surface area contributed by atoms with Crippen molar-refractivity contribution in [2.75, 3.05) is 0 Å². The van der Waals surface area contributed by atoms with Crippen LogP contribution in [0.3, 0.4) is 0 Å². The summed E-state index contributed by atoms with van der Waals surface area (Å²) < 4.78 is 26.6. The highest BCUT2D eigenvalue weighted by molar-refractivity contribution is 7.90. The van der Waals surface area contributed by atoms with Crippen molar-refractivity contribution >= 4 is 26.7 Å². The number of aromatic nitrogens is 1. The summed E-state index contributed by atoms with van der Waals surface area (Å²) in [6, 6.07) is 7.28. The van der Waals surface area contributed by atoms with Gasteiger partial charge in [-0.05, 0) is 18.2 Å². The minimum absolute atomic E-state index is 0.287. The van der Waals surface area contributed by atoms with Crippen LogP contribution in [0.2, 0.25) is 0 Å². The topological polar surface area (TPSA) is 76.1 Å². The number of nitrogens with one attached hydrogen (secondary N) is 1. The zero-order chi connectivity index (χ0) is 14.9. The van der Waals surface area contributed by atoms with Gasteiger partial charge in [-0.15, -0.1) is 0 Å². The highest BCUT2D eigenvalue weighted by Gasteiger charge is 2.30. The molecule has 21 heavy (non-hydrogen) atoms. The minimum atomic E-state index is -3.60. The van der Waals surface area contributed by atoms with Gasteiger partial charge in [0.2, 0.25) is 10.0 Å². The van der Waals surface area contributed by atoms with Crippen molar-refractivity contribution in [2.45, 2.75) is 30.9 Å². The number of nitrogens with zero attached hydrogens (tertiary/aromatic N) is 1. The highest BCUT2D eigenvalue weighted by Crippen LogP contribution is 2.24. The van der Waals surface area contributed by atoms with Crippen LogP contribution in [0.4, 0.5) is 0 Å². The van der Waals surface area contributed by atoms with Crippen molar-refractivity contribution in [1.82, 2.24) is 9.71 Å². The maximum atomic E-state index is 12.3. The Bertz CT molecular complexity index is 775. The first kappa shape index (κ1) is 14.0. The van der Waals surface area contributed by atoms with Gasteiger partial charge in [-0.1, -0.05) is 37.1 Å². The molecule has 0 unspecified atom stereocenters. The van der Waals surface area contributed by atoms with E-state index < -0.39 is 21.2 Å². The largest absolute Gasteiger partial charge is 0.268 e. The number of carbonyl (C=O) groups is 1. The molecule has 110 valence electrons. The Morgan fingerprint density at radius 2 is 1.86 bits per heavy atom. The Kier molecular flexibility index (Phi) is 3.63. The molecule has 0 saturated heterocycles. The van der Waals surface area contributed by atoms with Crippen molar-refractivity contribution < 1.29 is 13.2 Å². The molecule has 2 aromatic rings. The van der Waals surface area contributed by atoms with E-state index in [0.717, 1.165) is 18.2 Å². The van der Waals surface area contributed by atoms with Crippen molar-refractivity contribution in [3.63, 3.8) is 0 Å². The number of hydrogen-bond donors (Lipinski definition) is 1. The number of fused-ring (bicyclic) bond motifs is 1. The zero-order valence-electron chi connectivity index (χ0n) is 11.5. The third-order valence-corrected chi connectivity index (χ3v) is 5.71. The van der Waals surface area contributed by atoms with E-state index in [9.17, 15) is 13.2 Å². The Morgan fingerprint density at radius 1 is 1.14 bits per heavy atom. The predicted octanol–water partition coefficient (Wildman–Crippen LogP) is 2.24. The van der Waals surface area contributed by atoms with Gasteiger partial charge in [-0.25, -0.2) is 13.1 Å². The van der Waals surface area contributed by atoms with E-state index in [1.807, 2.05) is 18.2 Å². The van der Waals surface area contributed by atoms with Gasteiger partial charge in [-0.3, -0.25) is 9.78 Å². The van der Waals surface area contributed by atoms with Crippen LogP contribution in [0.5, 0.6) is 0 Å². The molecule has 0 atom stereocenters. The maximum absolute atomic E-state index is 12.3. The average molecular weight is 304 g/mol. The molecule has 1 aromatic carbocycles. The number of pyridine rings is 1. The van der Waals surface area contributed by atoms with Crippen molar-refractivity contribution in [3.05, 3.63) is 42.2 Å². The van der Waals surface area contributed by atoms with Gasteiger partial charge in [0.1, 0.15) is 0 Å². The molecule has 0 spiro atoms. The fourth-order valence-corrected chi connectivity index (χ4v) is 4.25. The Morgan fingerprint density at radius 3 is 2.62 bits per heavy atom. The minimum Gasteiger partial charge on any atom is -0.268 e. The van der Waals surface area contributed by atoms with Crippen molar-refractivity contribution in [3.8, 4) is 0 Å². The third kappa shape index (κ3) is 2.76. The summed E-state index contributed by atoms with van der Waals surface area (Å²) in [6.07, 6.45) is 6.09. The van der Waals surface area contributed by atoms with E-state index in [4.69, 9.17) is 0 Å². The lowest BCUT2D eigenvalue weighted by Gasteiger charge is -2.13. The standard InChI is InChI=1S/C15H16N2O3S/c18-15(17-21(19,20)12-6-2-3-7-12)14-10-16-9-11-5-1-4-8-13(11)14/h1,4-5,8-10,12H,2-3,6-7H2,(H,17,18). The molecule has 1 saturated carbocycles. The summed E-state index contributed by atoms with van der Waals surface area (Å²) in [6.45, 7) is 0. The molecular weight excluding hydrogens is 288 g/mol. The number of amides is 1. The van der Waals surface area contributed by atoms with Crippen LogP contribution < -0.4 is 4.72 Å². The normalized spacial score (nSPS) is 16.2. The molecule has 0 radical (unpaired) electrons. The summed E-state index contributed by atoms with van der Waals surface area (Å²) in [5.74, 6) is -0.605. The highest BCUT2D eigenvalue weighted by atomic mass is 32.2. The molecular formula is C15H16N2O3S. The zero-order valence-corrected chi connectivity index (χ0v) is 12.3. The van der Waals surface area contributed by atoms with Crippen molar-refractivity contribution in [1.29, 1.82) is 0 Å². The molecule has 1 fully saturated rings. The summed E-state index contributed by atoms with van der Waals surface area (Å²) in [7, 11) is -3.60. The monoisotopic (exact) mass is 304 g/mol. The van der Waals surface area contributed by atoms with E-state index >= 15 is 0 Å². The molecule has 6 heteroatoms. The first-order chi connectivity index (χ1) is 10.1. The summed E-state index contributed by atoms with van der Waals surface area (Å²) in [5.41, 5.74) is 0.287. The lowest BCUT2D eigenvalue weighted by Crippen LogP contribution is -2.37. The van der Waals surface area contributed by atoms with Crippen LogP contribution in [0.25, 0.3) is 10.8 Å². The molecule has 1 amide bonds. The van der Waals surface area contributed by atoms with Gasteiger partial charge in [0.15, 0.2) is 0 Å².